The van der Waals surface area contributed by atoms with Crippen LogP contribution in [-0.2, 0) is 9.59 Å². The molecule has 0 saturated carbocycles. The van der Waals surface area contributed by atoms with Crippen LogP contribution in [0.25, 0.3) is 0 Å². The van der Waals surface area contributed by atoms with Crippen LogP contribution < -0.4 is 16.4 Å². The van der Waals surface area contributed by atoms with E-state index < -0.39 is 24.4 Å². The first-order valence-corrected chi connectivity index (χ1v) is 5.19. The molecule has 0 rings (SSSR count). The lowest BCUT2D eigenvalue weighted by Gasteiger charge is -2.07. The Bertz CT molecular complexity index is 256. The normalized spacial score (nSPS) is 11.1. The van der Waals surface area contributed by atoms with Gasteiger partial charge < -0.3 is 16.4 Å². The van der Waals surface area contributed by atoms with E-state index >= 15 is 0 Å². The fourth-order valence-corrected chi connectivity index (χ4v) is 0.999. The van der Waals surface area contributed by atoms with Gasteiger partial charge in [-0.1, -0.05) is 0 Å². The second-order valence-corrected chi connectivity index (χ2v) is 3.37. The monoisotopic (exact) mass is 255 g/mol. The van der Waals surface area contributed by atoms with E-state index in [9.17, 15) is 22.8 Å². The third kappa shape index (κ3) is 9.61. The van der Waals surface area contributed by atoms with E-state index in [-0.39, 0.29) is 32.5 Å². The van der Waals surface area contributed by atoms with Gasteiger partial charge in [-0.15, -0.1) is 0 Å². The highest BCUT2D eigenvalue weighted by Crippen LogP contribution is 2.21. The molecule has 0 saturated heterocycles. The van der Waals surface area contributed by atoms with Crippen LogP contribution in [0.2, 0.25) is 0 Å². The van der Waals surface area contributed by atoms with Crippen LogP contribution in [0.1, 0.15) is 19.3 Å². The van der Waals surface area contributed by atoms with Crippen LogP contribution in [-0.4, -0.2) is 37.6 Å². The fraction of sp³-hybridized carbons (Fsp3) is 0.778. The van der Waals surface area contributed by atoms with Gasteiger partial charge in [-0.25, -0.2) is 0 Å². The van der Waals surface area contributed by atoms with Crippen molar-refractivity contribution in [2.75, 3.05) is 19.6 Å². The summed E-state index contributed by atoms with van der Waals surface area (Å²) in [7, 11) is 0. The summed E-state index contributed by atoms with van der Waals surface area (Å²) in [6.07, 6.45) is -4.96. The van der Waals surface area contributed by atoms with Gasteiger partial charge in [0.05, 0.1) is 0 Å². The van der Waals surface area contributed by atoms with E-state index in [4.69, 9.17) is 5.73 Å². The summed E-state index contributed by atoms with van der Waals surface area (Å²) in [5.41, 5.74) is 5.10. The smallest absolute Gasteiger partial charge is 0.348 e. The highest BCUT2D eigenvalue weighted by Gasteiger charge is 2.25. The van der Waals surface area contributed by atoms with Crippen molar-refractivity contribution in [2.45, 2.75) is 25.4 Å². The first-order chi connectivity index (χ1) is 7.87. The molecule has 0 aromatic heterocycles. The molecular weight excluding hydrogens is 239 g/mol. The minimum Gasteiger partial charge on any atom is -0.348 e. The van der Waals surface area contributed by atoms with E-state index in [0.29, 0.717) is 0 Å². The van der Waals surface area contributed by atoms with E-state index in [0.717, 1.165) is 0 Å². The third-order valence-corrected chi connectivity index (χ3v) is 1.81. The zero-order chi connectivity index (χ0) is 13.3. The molecule has 0 radical (unpaired) electrons. The van der Waals surface area contributed by atoms with E-state index in [2.05, 4.69) is 10.6 Å². The molecule has 0 aliphatic carbocycles. The molecule has 17 heavy (non-hydrogen) atoms. The SMILES string of the molecule is NCCNC(=O)C(=O)NCCCCC(F)(F)F. The molecule has 2 amide bonds. The molecule has 4 N–H and O–H groups in total. The second-order valence-electron chi connectivity index (χ2n) is 3.37. The first-order valence-electron chi connectivity index (χ1n) is 5.19. The molecule has 0 bridgehead atoms. The Balaban J connectivity index is 3.54. The topological polar surface area (TPSA) is 84.2 Å². The summed E-state index contributed by atoms with van der Waals surface area (Å²) >= 11 is 0. The Morgan fingerprint density at radius 2 is 1.53 bits per heavy atom. The molecule has 0 heterocycles. The minimum atomic E-state index is -4.18. The summed E-state index contributed by atoms with van der Waals surface area (Å²) in [5, 5.41) is 4.46. The van der Waals surface area contributed by atoms with Crippen molar-refractivity contribution >= 4 is 11.8 Å². The summed E-state index contributed by atoms with van der Waals surface area (Å²) in [4.78, 5) is 22.0. The predicted octanol–water partition coefficient (Wildman–Crippen LogP) is -0.0899. The Hall–Kier alpha value is -1.31. The van der Waals surface area contributed by atoms with Crippen LogP contribution in [0.5, 0.6) is 0 Å². The number of carbonyl (C=O) groups excluding carboxylic acids is 2. The zero-order valence-corrected chi connectivity index (χ0v) is 9.27. The van der Waals surface area contributed by atoms with Gasteiger partial charge in [-0.05, 0) is 12.8 Å². The van der Waals surface area contributed by atoms with E-state index in [1.165, 1.54) is 0 Å². The van der Waals surface area contributed by atoms with Crippen LogP contribution in [0.3, 0.4) is 0 Å². The maximum Gasteiger partial charge on any atom is 0.389 e. The third-order valence-electron chi connectivity index (χ3n) is 1.81. The quantitative estimate of drug-likeness (QED) is 0.458. The molecular formula is C9H16F3N3O2. The number of nitrogens with one attached hydrogen (secondary N) is 2. The van der Waals surface area contributed by atoms with Gasteiger partial charge in [0.15, 0.2) is 0 Å². The van der Waals surface area contributed by atoms with Gasteiger partial charge in [-0.2, -0.15) is 13.2 Å². The fourth-order valence-electron chi connectivity index (χ4n) is 0.999. The molecule has 100 valence electrons. The van der Waals surface area contributed by atoms with Gasteiger partial charge in [-0.3, -0.25) is 9.59 Å². The Kier molecular flexibility index (Phi) is 7.27. The van der Waals surface area contributed by atoms with Gasteiger partial charge in [0.25, 0.3) is 0 Å². The lowest BCUT2D eigenvalue weighted by Crippen LogP contribution is -2.41. The number of hydrogen-bond acceptors (Lipinski definition) is 3. The summed E-state index contributed by atoms with van der Waals surface area (Å²) in [5.74, 6) is -1.68. The number of amides is 2. The molecule has 0 aromatic rings. The number of nitrogens with two attached hydrogens (primary N) is 1. The maximum absolute atomic E-state index is 11.7. The number of rotatable bonds is 6. The van der Waals surface area contributed by atoms with E-state index in [1.54, 1.807) is 0 Å². The lowest BCUT2D eigenvalue weighted by molar-refractivity contribution is -0.139. The number of halogens is 3. The van der Waals surface area contributed by atoms with Crippen LogP contribution in [0.4, 0.5) is 13.2 Å². The molecule has 0 atom stereocenters. The first kappa shape index (κ1) is 15.7. The second kappa shape index (κ2) is 7.88. The lowest BCUT2D eigenvalue weighted by atomic mass is 10.2. The Labute approximate surface area is 96.9 Å². The van der Waals surface area contributed by atoms with Crippen molar-refractivity contribution in [3.63, 3.8) is 0 Å². The molecule has 0 unspecified atom stereocenters. The summed E-state index contributed by atoms with van der Waals surface area (Å²) < 4.78 is 35.2. The number of alkyl halides is 3. The highest BCUT2D eigenvalue weighted by atomic mass is 19.4. The van der Waals surface area contributed by atoms with Crippen molar-refractivity contribution in [1.82, 2.24) is 10.6 Å². The predicted molar refractivity (Wildman–Crippen MR) is 55.0 cm³/mol. The molecule has 5 nitrogen and oxygen atoms in total. The average molecular weight is 255 g/mol. The Morgan fingerprint density at radius 3 is 2.00 bits per heavy atom. The highest BCUT2D eigenvalue weighted by molar-refractivity contribution is 6.35. The van der Waals surface area contributed by atoms with Gasteiger partial charge in [0.2, 0.25) is 0 Å². The van der Waals surface area contributed by atoms with Gasteiger partial charge in [0.1, 0.15) is 0 Å². The average Bonchev–Trinajstić information content (AvgIpc) is 2.23. The largest absolute Gasteiger partial charge is 0.389 e. The van der Waals surface area contributed by atoms with Crippen molar-refractivity contribution in [2.24, 2.45) is 5.73 Å². The number of carbonyl (C=O) groups is 2. The Morgan fingerprint density at radius 1 is 1.00 bits per heavy atom. The van der Waals surface area contributed by atoms with Crippen molar-refractivity contribution in [3.8, 4) is 0 Å². The molecule has 8 heteroatoms. The number of unbranched alkanes of at least 4 members (excludes halogenated alkanes) is 1. The molecule has 0 aromatic carbocycles. The summed E-state index contributed by atoms with van der Waals surface area (Å²) in [6, 6.07) is 0. The standard InChI is InChI=1S/C9H16F3N3O2/c10-9(11,12)3-1-2-5-14-7(16)8(17)15-6-4-13/h1-6,13H2,(H,14,16)(H,15,17). The summed E-state index contributed by atoms with van der Waals surface area (Å²) in [6.45, 7) is 0.440. The van der Waals surface area contributed by atoms with Crippen molar-refractivity contribution < 1.29 is 22.8 Å². The van der Waals surface area contributed by atoms with Crippen LogP contribution in [0, 0.1) is 0 Å². The zero-order valence-electron chi connectivity index (χ0n) is 9.27. The van der Waals surface area contributed by atoms with Gasteiger partial charge in [0, 0.05) is 26.1 Å². The van der Waals surface area contributed by atoms with Crippen molar-refractivity contribution in [3.05, 3.63) is 0 Å². The molecule has 0 aliphatic rings. The molecule has 0 aliphatic heterocycles. The van der Waals surface area contributed by atoms with Crippen molar-refractivity contribution in [1.29, 1.82) is 0 Å². The van der Waals surface area contributed by atoms with Crippen LogP contribution in [0.15, 0.2) is 0 Å². The molecule has 0 fully saturated rings. The van der Waals surface area contributed by atoms with E-state index in [1.807, 2.05) is 0 Å². The maximum atomic E-state index is 11.7. The van der Waals surface area contributed by atoms with Gasteiger partial charge >= 0.3 is 18.0 Å². The van der Waals surface area contributed by atoms with Crippen LogP contribution >= 0.6 is 0 Å². The minimum absolute atomic E-state index is 0.0466. The molecule has 0 spiro atoms. The number of hydrogen-bond donors (Lipinski definition) is 3.